The minimum absolute atomic E-state index is 0.00498. The molecular formula is C24H25N3O4. The highest BCUT2D eigenvalue weighted by atomic mass is 16.5. The summed E-state index contributed by atoms with van der Waals surface area (Å²) in [7, 11) is 6.64. The second-order valence-corrected chi connectivity index (χ2v) is 7.78. The number of aromatic nitrogens is 2. The van der Waals surface area contributed by atoms with Gasteiger partial charge in [-0.2, -0.15) is 0 Å². The first-order valence-electron chi connectivity index (χ1n) is 10.2. The summed E-state index contributed by atoms with van der Waals surface area (Å²) in [5.74, 6) is 1.63. The van der Waals surface area contributed by atoms with Gasteiger partial charge in [0.2, 0.25) is 5.75 Å². The van der Waals surface area contributed by atoms with Crippen LogP contribution in [0.3, 0.4) is 0 Å². The van der Waals surface area contributed by atoms with Crippen molar-refractivity contribution >= 4 is 27.7 Å². The number of benzene rings is 2. The van der Waals surface area contributed by atoms with Crippen LogP contribution in [-0.2, 0) is 20.0 Å². The van der Waals surface area contributed by atoms with Crippen molar-refractivity contribution in [1.82, 2.24) is 14.5 Å². The molecule has 7 heteroatoms. The minimum atomic E-state index is -0.00498. The molecule has 0 aliphatic carbocycles. The quantitative estimate of drug-likeness (QED) is 0.545. The van der Waals surface area contributed by atoms with E-state index in [9.17, 15) is 4.79 Å². The molecule has 31 heavy (non-hydrogen) atoms. The van der Waals surface area contributed by atoms with E-state index in [0.29, 0.717) is 36.0 Å². The number of H-pyrrole nitrogens is 1. The summed E-state index contributed by atoms with van der Waals surface area (Å²) >= 11 is 0. The van der Waals surface area contributed by atoms with Gasteiger partial charge in [-0.3, -0.25) is 4.79 Å². The summed E-state index contributed by atoms with van der Waals surface area (Å²) in [6.45, 7) is 1.26. The first-order valence-corrected chi connectivity index (χ1v) is 10.2. The minimum Gasteiger partial charge on any atom is -0.493 e. The van der Waals surface area contributed by atoms with Crippen molar-refractivity contribution in [3.8, 4) is 17.2 Å². The Labute approximate surface area is 180 Å². The number of rotatable bonds is 4. The van der Waals surface area contributed by atoms with Gasteiger partial charge in [0.15, 0.2) is 11.5 Å². The molecule has 0 unspecified atom stereocenters. The third-order valence-corrected chi connectivity index (χ3v) is 6.21. The van der Waals surface area contributed by atoms with Crippen molar-refractivity contribution in [3.05, 3.63) is 53.3 Å². The zero-order valence-electron chi connectivity index (χ0n) is 18.1. The SMILES string of the molecule is COc1cc2cc(C(=O)N3CCc4[nH]c5ccccc5c4C3)n(C)c2c(OC)c1OC. The van der Waals surface area contributed by atoms with Gasteiger partial charge >= 0.3 is 0 Å². The highest BCUT2D eigenvalue weighted by Crippen LogP contribution is 2.44. The van der Waals surface area contributed by atoms with Gasteiger partial charge < -0.3 is 28.7 Å². The Kier molecular flexibility index (Phi) is 4.54. The summed E-state index contributed by atoms with van der Waals surface area (Å²) in [5, 5.41) is 2.05. The van der Waals surface area contributed by atoms with Crippen LogP contribution in [0.4, 0.5) is 0 Å². The molecule has 0 saturated heterocycles. The van der Waals surface area contributed by atoms with Crippen LogP contribution >= 0.6 is 0 Å². The number of hydrogen-bond acceptors (Lipinski definition) is 4. The second kappa shape index (κ2) is 7.27. The molecule has 0 saturated carbocycles. The van der Waals surface area contributed by atoms with Gasteiger partial charge in [0.25, 0.3) is 5.91 Å². The largest absolute Gasteiger partial charge is 0.493 e. The molecule has 5 rings (SSSR count). The third-order valence-electron chi connectivity index (χ3n) is 6.21. The molecule has 7 nitrogen and oxygen atoms in total. The van der Waals surface area contributed by atoms with Gasteiger partial charge in [0, 0.05) is 54.1 Å². The van der Waals surface area contributed by atoms with E-state index in [4.69, 9.17) is 14.2 Å². The number of ether oxygens (including phenoxy) is 3. The topological polar surface area (TPSA) is 68.7 Å². The number of aromatic amines is 1. The Balaban J connectivity index is 1.57. The number of carbonyl (C=O) groups excluding carboxylic acids is 1. The van der Waals surface area contributed by atoms with Crippen LogP contribution in [0.1, 0.15) is 21.7 Å². The van der Waals surface area contributed by atoms with Crippen LogP contribution in [0.15, 0.2) is 36.4 Å². The summed E-state index contributed by atoms with van der Waals surface area (Å²) in [4.78, 5) is 19.0. The molecule has 160 valence electrons. The molecule has 0 spiro atoms. The van der Waals surface area contributed by atoms with Crippen LogP contribution in [-0.4, -0.2) is 48.2 Å². The summed E-state index contributed by atoms with van der Waals surface area (Å²) in [6.07, 6.45) is 0.810. The lowest BCUT2D eigenvalue weighted by Gasteiger charge is -2.27. The molecule has 2 aromatic carbocycles. The maximum absolute atomic E-state index is 13.6. The number of amides is 1. The molecule has 1 amide bonds. The first-order chi connectivity index (χ1) is 15.1. The third kappa shape index (κ3) is 2.84. The average molecular weight is 419 g/mol. The molecule has 4 aromatic rings. The second-order valence-electron chi connectivity index (χ2n) is 7.78. The van der Waals surface area contributed by atoms with Crippen molar-refractivity contribution < 1.29 is 19.0 Å². The van der Waals surface area contributed by atoms with Crippen LogP contribution in [0.5, 0.6) is 17.2 Å². The van der Waals surface area contributed by atoms with E-state index >= 15 is 0 Å². The zero-order chi connectivity index (χ0) is 21.7. The molecule has 3 heterocycles. The highest BCUT2D eigenvalue weighted by molar-refractivity contribution is 6.02. The van der Waals surface area contributed by atoms with Crippen LogP contribution in [0.2, 0.25) is 0 Å². The number of fused-ring (bicyclic) bond motifs is 4. The maximum Gasteiger partial charge on any atom is 0.270 e. The number of methoxy groups -OCH3 is 3. The summed E-state index contributed by atoms with van der Waals surface area (Å²) in [6, 6.07) is 12.0. The fourth-order valence-electron chi connectivity index (χ4n) is 4.69. The Morgan fingerprint density at radius 1 is 1.03 bits per heavy atom. The normalized spacial score (nSPS) is 13.5. The van der Waals surface area contributed by atoms with Crippen molar-refractivity contribution in [2.45, 2.75) is 13.0 Å². The van der Waals surface area contributed by atoms with Crippen molar-refractivity contribution in [3.63, 3.8) is 0 Å². The van der Waals surface area contributed by atoms with E-state index in [1.54, 1.807) is 21.3 Å². The smallest absolute Gasteiger partial charge is 0.270 e. The van der Waals surface area contributed by atoms with E-state index in [1.807, 2.05) is 40.8 Å². The molecule has 0 atom stereocenters. The molecule has 0 bridgehead atoms. The lowest BCUT2D eigenvalue weighted by molar-refractivity contribution is 0.0726. The van der Waals surface area contributed by atoms with E-state index in [2.05, 4.69) is 17.1 Å². The molecule has 0 radical (unpaired) electrons. The Bertz CT molecular complexity index is 1320. The lowest BCUT2D eigenvalue weighted by atomic mass is 10.0. The number of nitrogens with zero attached hydrogens (tertiary/aromatic N) is 2. The number of hydrogen-bond donors (Lipinski definition) is 1. The Morgan fingerprint density at radius 3 is 2.55 bits per heavy atom. The fraction of sp³-hybridized carbons (Fsp3) is 0.292. The van der Waals surface area contributed by atoms with Gasteiger partial charge in [0.05, 0.1) is 26.8 Å². The number of para-hydroxylation sites is 1. The van der Waals surface area contributed by atoms with Crippen molar-refractivity contribution in [2.24, 2.45) is 7.05 Å². The summed E-state index contributed by atoms with van der Waals surface area (Å²) in [5.41, 5.74) is 4.95. The van der Waals surface area contributed by atoms with E-state index in [-0.39, 0.29) is 5.91 Å². The van der Waals surface area contributed by atoms with Gasteiger partial charge in [0.1, 0.15) is 5.69 Å². The average Bonchev–Trinajstić information content (AvgIpc) is 3.34. The predicted octanol–water partition coefficient (Wildman–Crippen LogP) is 3.88. The molecule has 1 aliphatic heterocycles. The lowest BCUT2D eigenvalue weighted by Crippen LogP contribution is -2.36. The number of aryl methyl sites for hydroxylation is 1. The standard InChI is InChI=1S/C24H25N3O4/c1-26-19(11-14-12-20(29-2)22(30-3)23(31-4)21(14)26)24(28)27-10-9-18-16(13-27)15-7-5-6-8-17(15)25-18/h5-8,11-12,25H,9-10,13H2,1-4H3. The van der Waals surface area contributed by atoms with Gasteiger partial charge in [-0.15, -0.1) is 0 Å². The Hall–Kier alpha value is -3.61. The van der Waals surface area contributed by atoms with E-state index in [0.717, 1.165) is 22.8 Å². The molecule has 1 N–H and O–H groups in total. The molecule has 2 aromatic heterocycles. The predicted molar refractivity (Wildman–Crippen MR) is 119 cm³/mol. The molecule has 0 fully saturated rings. The van der Waals surface area contributed by atoms with Crippen LogP contribution < -0.4 is 14.2 Å². The van der Waals surface area contributed by atoms with Crippen LogP contribution in [0.25, 0.3) is 21.8 Å². The zero-order valence-corrected chi connectivity index (χ0v) is 18.1. The van der Waals surface area contributed by atoms with Crippen molar-refractivity contribution in [2.75, 3.05) is 27.9 Å². The first kappa shape index (κ1) is 19.4. The fourth-order valence-corrected chi connectivity index (χ4v) is 4.69. The maximum atomic E-state index is 13.6. The van der Waals surface area contributed by atoms with Gasteiger partial charge in [-0.1, -0.05) is 18.2 Å². The monoisotopic (exact) mass is 419 g/mol. The van der Waals surface area contributed by atoms with Crippen molar-refractivity contribution in [1.29, 1.82) is 0 Å². The number of nitrogens with one attached hydrogen (secondary N) is 1. The molecule has 1 aliphatic rings. The Morgan fingerprint density at radius 2 is 1.81 bits per heavy atom. The number of carbonyl (C=O) groups is 1. The highest BCUT2D eigenvalue weighted by Gasteiger charge is 2.28. The molecular weight excluding hydrogens is 394 g/mol. The van der Waals surface area contributed by atoms with Crippen LogP contribution in [0, 0.1) is 0 Å². The van der Waals surface area contributed by atoms with Gasteiger partial charge in [-0.25, -0.2) is 0 Å². The van der Waals surface area contributed by atoms with Gasteiger partial charge in [-0.05, 0) is 18.2 Å². The van der Waals surface area contributed by atoms with E-state index in [1.165, 1.54) is 16.6 Å². The van der Waals surface area contributed by atoms with E-state index < -0.39 is 0 Å². The summed E-state index contributed by atoms with van der Waals surface area (Å²) < 4.78 is 18.5.